The Morgan fingerprint density at radius 3 is 1.33 bits per heavy atom. The third-order valence-corrected chi connectivity index (χ3v) is 42.0. The molecule has 8 rings (SSSR count). The summed E-state index contributed by atoms with van der Waals surface area (Å²) in [6.45, 7) is 48.7. The average molecular weight is 1810 g/mol. The molecule has 6 aliphatic carbocycles. The summed E-state index contributed by atoms with van der Waals surface area (Å²) in [6.07, 6.45) is -2.86. The topological polar surface area (TPSA) is 152 Å². The van der Waals surface area contributed by atoms with Crippen LogP contribution in [0, 0.1) is 69.0 Å². The highest BCUT2D eigenvalue weighted by Crippen LogP contribution is 2.65. The average Bonchev–Trinajstić information content (AvgIpc) is 1.74. The Labute approximate surface area is 721 Å². The van der Waals surface area contributed by atoms with Crippen molar-refractivity contribution in [1.29, 1.82) is 0 Å². The van der Waals surface area contributed by atoms with Gasteiger partial charge in [0.2, 0.25) is 0 Å². The van der Waals surface area contributed by atoms with E-state index >= 15 is 0 Å². The van der Waals surface area contributed by atoms with Crippen LogP contribution in [-0.4, -0.2) is 137 Å². The zero-order valence-corrected chi connectivity index (χ0v) is 81.9. The number of halogens is 12. The van der Waals surface area contributed by atoms with Crippen molar-refractivity contribution < 1.29 is 100 Å². The van der Waals surface area contributed by atoms with Gasteiger partial charge in [0.25, 0.3) is 0 Å². The summed E-state index contributed by atoms with van der Waals surface area (Å²) < 4.78 is 204. The first-order valence-corrected chi connectivity index (χ1v) is 58.4. The van der Waals surface area contributed by atoms with Gasteiger partial charge in [-0.05, 0) is 276 Å². The number of rotatable bonds is 25. The van der Waals surface area contributed by atoms with Crippen molar-refractivity contribution >= 4 is 56.8 Å². The molecule has 10 nitrogen and oxygen atoms in total. The van der Waals surface area contributed by atoms with E-state index in [1.807, 2.05) is 94.4 Å². The van der Waals surface area contributed by atoms with Crippen LogP contribution >= 0.6 is 7.14 Å². The Kier molecular flexibility index (Phi) is 34.5. The van der Waals surface area contributed by atoms with Gasteiger partial charge in [0.05, 0.1) is 35.6 Å². The molecule has 0 heterocycles. The number of benzene rings is 2. The van der Waals surface area contributed by atoms with Crippen molar-refractivity contribution in [3.63, 3.8) is 0 Å². The van der Waals surface area contributed by atoms with E-state index in [4.69, 9.17) is 17.7 Å². The van der Waals surface area contributed by atoms with Crippen LogP contribution in [0.25, 0.3) is 0 Å². The van der Waals surface area contributed by atoms with E-state index in [9.17, 15) is 82.5 Å². The van der Waals surface area contributed by atoms with Crippen LogP contribution < -0.4 is 10.6 Å². The second-order valence-electron chi connectivity index (χ2n) is 43.5. The molecule has 688 valence electrons. The van der Waals surface area contributed by atoms with E-state index in [0.29, 0.717) is 83.2 Å². The van der Waals surface area contributed by atoms with Gasteiger partial charge in [-0.2, -0.15) is 52.7 Å². The Morgan fingerprint density at radius 2 is 0.917 bits per heavy atom. The second kappa shape index (κ2) is 39.4. The molecule has 0 spiro atoms. The summed E-state index contributed by atoms with van der Waals surface area (Å²) in [5.41, 5.74) is -9.54. The van der Waals surface area contributed by atoms with Gasteiger partial charge < -0.3 is 42.7 Å². The number of hydrogen-bond donors (Lipinski definition) is 4. The first-order valence-electron chi connectivity index (χ1n) is 43.9. The number of carbonyl (C=O) groups is 1. The van der Waals surface area contributed by atoms with Gasteiger partial charge in [-0.15, -0.1) is 0 Å². The van der Waals surface area contributed by atoms with Gasteiger partial charge in [-0.25, -0.2) is 0 Å². The third kappa shape index (κ3) is 27.5. The molecule has 2 aromatic rings. The van der Waals surface area contributed by atoms with Gasteiger partial charge in [0.1, 0.15) is 12.9 Å². The fraction of sp³-hybridized carbons (Fsp3) is 0.755. The van der Waals surface area contributed by atoms with E-state index in [1.165, 1.54) is 36.7 Å². The van der Waals surface area contributed by atoms with Crippen molar-refractivity contribution in [1.82, 2.24) is 0 Å². The van der Waals surface area contributed by atoms with Crippen LogP contribution in [0.4, 0.5) is 52.7 Å². The number of alkyl halides is 12. The van der Waals surface area contributed by atoms with Gasteiger partial charge in [0, 0.05) is 42.0 Å². The fourth-order valence-corrected chi connectivity index (χ4v) is 28.3. The van der Waals surface area contributed by atoms with Crippen molar-refractivity contribution in [3.8, 4) is 23.7 Å². The standard InChI is InChI=1S/C32H46F6O4.C32H51O3PSi2.C30H50F6O3Si2/c1-27(2,41)13-6-14-28(3,15-7-17-30(42,31(33,34)35)32(36,37)38)26-12-11-25-22(8-5-16-29(25,26)4)10-9-21-18-23(39)20-24(40)19-21;1-31(2,3)37(7,8)34-27-23-26(24-28(25-27)35-38(9,10)32(4,5)6)21-22-36(33,29-17-13-11-14-18-29)30-19-15-12-16-20-30;1-25(2,38-40(5,6)7)17-12-18-26(3,24-16-15-22-23(37)14-11-20-27(22,24)4)19-13-21-28(29(31,32)33,30(34,35)36)39-41(8,9)10/h9-10,23-26,39-42H,5-6,8,11-16,18-20H2,1-4H3;11-21,27-28H,22-25H2,1-10H3;22,24H,11-12,14-20H2,1-10H3/b22-10+;;/t23-,24-,25?,26-,28-,29+;27-,28-;22?,24-,26-,27+/m111/s1. The number of hydrogen-bond acceptors (Lipinski definition) is 10. The predicted octanol–water partition coefficient (Wildman–Crippen LogP) is 25.7. The van der Waals surface area contributed by atoms with Crippen molar-refractivity contribution in [3.05, 3.63) is 95.6 Å². The van der Waals surface area contributed by atoms with Gasteiger partial charge in [-0.1, -0.05) is 190 Å². The van der Waals surface area contributed by atoms with Crippen LogP contribution in [0.5, 0.6) is 0 Å². The number of carbonyl (C=O) groups excluding carboxylic acids is 1. The molecular formula is C94H147F12O10PSi4. The lowest BCUT2D eigenvalue weighted by Crippen LogP contribution is -2.61. The fourth-order valence-electron chi connectivity index (χ4n) is 20.1. The molecule has 6 fully saturated rings. The van der Waals surface area contributed by atoms with Gasteiger partial charge in [-0.3, -0.25) is 4.79 Å². The molecule has 0 saturated heterocycles. The molecule has 4 N–H and O–H groups in total. The zero-order valence-electron chi connectivity index (χ0n) is 77.0. The van der Waals surface area contributed by atoms with Gasteiger partial charge in [0.15, 0.2) is 33.3 Å². The van der Waals surface area contributed by atoms with Crippen molar-refractivity contribution in [2.45, 2.75) is 398 Å². The molecule has 0 amide bonds. The maximum absolute atomic E-state index is 14.6. The second-order valence-corrected chi connectivity index (χ2v) is 64.8. The first kappa shape index (κ1) is 106. The quantitative estimate of drug-likeness (QED) is 0.0249. The minimum absolute atomic E-state index is 0.0503. The Bertz CT molecular complexity index is 3910. The molecule has 2 unspecified atom stereocenters. The summed E-state index contributed by atoms with van der Waals surface area (Å²) >= 11 is 0. The number of fused-ring (bicyclic) bond motifs is 2. The number of aliphatic hydroxyl groups is 4. The smallest absolute Gasteiger partial charge is 0.414 e. The van der Waals surface area contributed by atoms with Gasteiger partial charge >= 0.3 is 35.9 Å². The van der Waals surface area contributed by atoms with Crippen LogP contribution in [0.15, 0.2) is 95.6 Å². The molecule has 121 heavy (non-hydrogen) atoms. The van der Waals surface area contributed by atoms with Crippen molar-refractivity contribution in [2.24, 2.45) is 45.3 Å². The molecule has 0 bridgehead atoms. The molecule has 0 aromatic heterocycles. The lowest BCUT2D eigenvalue weighted by Gasteiger charge is -2.49. The maximum atomic E-state index is 14.6. The predicted molar refractivity (Wildman–Crippen MR) is 474 cm³/mol. The third-order valence-electron chi connectivity index (χ3n) is 27.8. The summed E-state index contributed by atoms with van der Waals surface area (Å²) in [6, 6.07) is 20.0. The maximum Gasteiger partial charge on any atom is 0.438 e. The largest absolute Gasteiger partial charge is 0.438 e. The van der Waals surface area contributed by atoms with E-state index in [0.717, 1.165) is 80.4 Å². The minimum atomic E-state index is -6.00. The lowest BCUT2D eigenvalue weighted by atomic mass is 9.55. The van der Waals surface area contributed by atoms with E-state index in [2.05, 4.69) is 125 Å². The Morgan fingerprint density at radius 1 is 0.504 bits per heavy atom. The summed E-state index contributed by atoms with van der Waals surface area (Å²) in [4.78, 5) is 12.8. The highest BCUT2D eigenvalue weighted by atomic mass is 31.2. The number of allylic oxidation sites excluding steroid dienone is 4. The SMILES string of the molecule is CC(C)(C)[Si](C)(C)O[C@@H]1CC(=CCP(=O)(c2ccccc2)c2ccccc2)C[C@@H](O[Si](C)(C)C(C)(C)C)C1.CC(C)(CCC[C@](C)(CC#CC(O[Si](C)(C)C)(C(F)(F)F)C(F)(F)F)[C@H]1CCC2C(=O)CCC[C@@]21C)O[Si](C)(C)C.CC(C)(O)CCC[C@](C)(CC#CC(O)(C(F)(F)F)C(F)(F)F)[C@H]1CCC2/C(=C/C=C3C[C@@H](O)C[C@H](O)C3)CCC[C@@]21C. The van der Waals surface area contributed by atoms with Crippen LogP contribution in [0.3, 0.4) is 0 Å². The minimum Gasteiger partial charge on any atom is -0.414 e. The number of Topliss-reactive ketones (excluding diaryl/α,β-unsaturated/α-hetero) is 1. The highest BCUT2D eigenvalue weighted by molar-refractivity contribution is 7.78. The number of ketones is 1. The Balaban J connectivity index is 0.000000282. The lowest BCUT2D eigenvalue weighted by molar-refractivity contribution is -0.343. The van der Waals surface area contributed by atoms with Crippen LogP contribution in [-0.2, 0) is 27.1 Å². The molecule has 6 saturated carbocycles. The monoisotopic (exact) mass is 1810 g/mol. The summed E-state index contributed by atoms with van der Waals surface area (Å²) in [7, 11) is -11.8. The molecular weight excluding hydrogens is 1660 g/mol. The number of aliphatic hydroxyl groups excluding tert-OH is 2. The molecule has 6 aliphatic rings. The van der Waals surface area contributed by atoms with Crippen LogP contribution in [0.2, 0.25) is 75.5 Å². The van der Waals surface area contributed by atoms with Crippen LogP contribution in [0.1, 0.15) is 251 Å². The molecule has 0 radical (unpaired) electrons. The molecule has 0 aliphatic heterocycles. The molecule has 12 atom stereocenters. The van der Waals surface area contributed by atoms with E-state index < -0.39 is 111 Å². The molecule has 2 aromatic carbocycles. The van der Waals surface area contributed by atoms with Crippen molar-refractivity contribution in [2.75, 3.05) is 6.16 Å². The zero-order chi connectivity index (χ0) is 92.1. The summed E-state index contributed by atoms with van der Waals surface area (Å²) in [5.74, 6) is 7.46. The van der Waals surface area contributed by atoms with E-state index in [-0.39, 0.29) is 75.4 Å². The normalized spacial score (nSPS) is 26.2. The summed E-state index contributed by atoms with van der Waals surface area (Å²) in [5, 5.41) is 42.1. The molecule has 27 heteroatoms. The van der Waals surface area contributed by atoms with E-state index in [1.54, 1.807) is 19.8 Å². The highest BCUT2D eigenvalue weighted by Gasteiger charge is 2.74. The Hall–Kier alpha value is -3.61. The first-order chi connectivity index (χ1) is 54.7.